The van der Waals surface area contributed by atoms with Gasteiger partial charge in [0.2, 0.25) is 5.91 Å². The van der Waals surface area contributed by atoms with Gasteiger partial charge in [-0.1, -0.05) is 37.7 Å². The van der Waals surface area contributed by atoms with Crippen molar-refractivity contribution in [1.29, 1.82) is 0 Å². The van der Waals surface area contributed by atoms with Gasteiger partial charge in [0.25, 0.3) is 5.56 Å². The molecule has 25 heavy (non-hydrogen) atoms. The van der Waals surface area contributed by atoms with Gasteiger partial charge in [-0.15, -0.1) is 0 Å². The van der Waals surface area contributed by atoms with Crippen LogP contribution < -0.4 is 5.56 Å². The maximum Gasteiger partial charge on any atom is 0.262 e. The lowest BCUT2D eigenvalue weighted by Crippen LogP contribution is -2.38. The van der Waals surface area contributed by atoms with Crippen LogP contribution in [0.2, 0.25) is 0 Å². The molecule has 0 saturated heterocycles. The van der Waals surface area contributed by atoms with Gasteiger partial charge in [-0.05, 0) is 38.8 Å². The Hall–Kier alpha value is -1.82. The summed E-state index contributed by atoms with van der Waals surface area (Å²) < 4.78 is 1.65. The van der Waals surface area contributed by atoms with Crippen LogP contribution in [0, 0.1) is 0 Å². The zero-order valence-corrected chi connectivity index (χ0v) is 16.3. The van der Waals surface area contributed by atoms with E-state index in [1.165, 1.54) is 11.8 Å². The van der Waals surface area contributed by atoms with Gasteiger partial charge in [-0.2, -0.15) is 0 Å². The second-order valence-corrected chi connectivity index (χ2v) is 7.35. The first-order valence-electron chi connectivity index (χ1n) is 8.98. The van der Waals surface area contributed by atoms with Crippen LogP contribution in [0.5, 0.6) is 0 Å². The SMILES string of the molecule is CCCN(CCC)C(=O)C(C)Sc1nc2ccccc2c(=O)n1CC. The molecule has 0 spiro atoms. The number of rotatable bonds is 8. The van der Waals surface area contributed by atoms with Crippen molar-refractivity contribution in [3.8, 4) is 0 Å². The number of thioether (sulfide) groups is 1. The van der Waals surface area contributed by atoms with Gasteiger partial charge >= 0.3 is 0 Å². The van der Waals surface area contributed by atoms with Gasteiger partial charge < -0.3 is 4.90 Å². The quantitative estimate of drug-likeness (QED) is 0.533. The summed E-state index contributed by atoms with van der Waals surface area (Å²) in [7, 11) is 0. The van der Waals surface area contributed by atoms with Crippen molar-refractivity contribution in [2.45, 2.75) is 57.5 Å². The average Bonchev–Trinajstić information content (AvgIpc) is 2.61. The summed E-state index contributed by atoms with van der Waals surface area (Å²) in [5, 5.41) is 0.954. The molecule has 0 aliphatic rings. The molecule has 0 radical (unpaired) electrons. The molecular formula is C19H27N3O2S. The summed E-state index contributed by atoms with van der Waals surface area (Å²) in [6, 6.07) is 7.36. The number of hydrogen-bond donors (Lipinski definition) is 0. The predicted octanol–water partition coefficient (Wildman–Crippen LogP) is 3.55. The lowest BCUT2D eigenvalue weighted by atomic mass is 10.2. The standard InChI is InChI=1S/C19H27N3O2S/c1-5-12-21(13-6-2)17(23)14(4)25-19-20-16-11-9-8-10-15(16)18(24)22(19)7-3/h8-11,14H,5-7,12-13H2,1-4H3. The summed E-state index contributed by atoms with van der Waals surface area (Å²) >= 11 is 1.37. The number of para-hydroxylation sites is 1. The number of hydrogen-bond acceptors (Lipinski definition) is 4. The second kappa shape index (κ2) is 9.04. The Morgan fingerprint density at radius 1 is 1.20 bits per heavy atom. The molecule has 1 aromatic carbocycles. The molecular weight excluding hydrogens is 334 g/mol. The molecule has 0 saturated carbocycles. The van der Waals surface area contributed by atoms with Crippen LogP contribution in [-0.4, -0.2) is 38.7 Å². The normalized spacial score (nSPS) is 12.3. The number of aromatic nitrogens is 2. The van der Waals surface area contributed by atoms with Crippen LogP contribution >= 0.6 is 11.8 Å². The first kappa shape index (κ1) is 19.5. The van der Waals surface area contributed by atoms with Crippen LogP contribution in [0.1, 0.15) is 40.5 Å². The number of fused-ring (bicyclic) bond motifs is 1. The minimum absolute atomic E-state index is 0.0470. The van der Waals surface area contributed by atoms with Gasteiger partial charge in [-0.3, -0.25) is 14.2 Å². The molecule has 0 bridgehead atoms. The Morgan fingerprint density at radius 3 is 2.44 bits per heavy atom. The number of nitrogens with zero attached hydrogens (tertiary/aromatic N) is 3. The number of carbonyl (C=O) groups excluding carboxylic acids is 1. The fraction of sp³-hybridized carbons (Fsp3) is 0.526. The van der Waals surface area contributed by atoms with Crippen LogP contribution in [-0.2, 0) is 11.3 Å². The second-order valence-electron chi connectivity index (χ2n) is 6.05. The summed E-state index contributed by atoms with van der Waals surface area (Å²) in [6.45, 7) is 10.0. The maximum absolute atomic E-state index is 12.8. The van der Waals surface area contributed by atoms with Crippen molar-refractivity contribution < 1.29 is 4.79 Å². The van der Waals surface area contributed by atoms with Crippen LogP contribution in [0.15, 0.2) is 34.2 Å². The molecule has 5 nitrogen and oxygen atoms in total. The third-order valence-corrected chi connectivity index (χ3v) is 5.15. The van der Waals surface area contributed by atoms with Crippen LogP contribution in [0.25, 0.3) is 10.9 Å². The molecule has 1 atom stereocenters. The van der Waals surface area contributed by atoms with E-state index in [2.05, 4.69) is 18.8 Å². The molecule has 0 fully saturated rings. The molecule has 2 aromatic rings. The third-order valence-electron chi connectivity index (χ3n) is 4.07. The molecule has 1 aromatic heterocycles. The third kappa shape index (κ3) is 4.42. The van der Waals surface area contributed by atoms with Gasteiger partial charge in [0.1, 0.15) is 0 Å². The summed E-state index contributed by atoms with van der Waals surface area (Å²) in [5.74, 6) is 0.110. The molecule has 2 rings (SSSR count). The highest BCUT2D eigenvalue weighted by molar-refractivity contribution is 8.00. The highest BCUT2D eigenvalue weighted by Gasteiger charge is 2.23. The summed E-state index contributed by atoms with van der Waals surface area (Å²) in [5.41, 5.74) is 0.632. The Bertz CT molecular complexity index is 782. The van der Waals surface area contributed by atoms with Gasteiger partial charge in [0.05, 0.1) is 16.2 Å². The smallest absolute Gasteiger partial charge is 0.262 e. The average molecular weight is 362 g/mol. The summed E-state index contributed by atoms with van der Waals surface area (Å²) in [6.07, 6.45) is 1.88. The minimum Gasteiger partial charge on any atom is -0.342 e. The maximum atomic E-state index is 12.8. The number of carbonyl (C=O) groups is 1. The monoisotopic (exact) mass is 361 g/mol. The molecule has 0 aliphatic heterocycles. The van der Waals surface area contributed by atoms with Crippen LogP contribution in [0.4, 0.5) is 0 Å². The summed E-state index contributed by atoms with van der Waals surface area (Å²) in [4.78, 5) is 32.0. The van der Waals surface area contributed by atoms with Crippen LogP contribution in [0.3, 0.4) is 0 Å². The van der Waals surface area contributed by atoms with Crippen molar-refractivity contribution in [3.05, 3.63) is 34.6 Å². The fourth-order valence-electron chi connectivity index (χ4n) is 2.85. The van der Waals surface area contributed by atoms with E-state index < -0.39 is 0 Å². The van der Waals surface area contributed by atoms with Crippen molar-refractivity contribution in [2.75, 3.05) is 13.1 Å². The first-order chi connectivity index (χ1) is 12.0. The Labute approximate surface area is 153 Å². The van der Waals surface area contributed by atoms with E-state index in [9.17, 15) is 9.59 Å². The highest BCUT2D eigenvalue weighted by Crippen LogP contribution is 2.24. The van der Waals surface area contributed by atoms with Gasteiger partial charge in [0.15, 0.2) is 5.16 Å². The Balaban J connectivity index is 2.32. The van der Waals surface area contributed by atoms with E-state index in [4.69, 9.17) is 0 Å². The first-order valence-corrected chi connectivity index (χ1v) is 9.86. The molecule has 1 amide bonds. The van der Waals surface area contributed by atoms with Gasteiger partial charge in [0, 0.05) is 19.6 Å². The molecule has 1 heterocycles. The largest absolute Gasteiger partial charge is 0.342 e. The van der Waals surface area contributed by atoms with Crippen molar-refractivity contribution in [2.24, 2.45) is 0 Å². The lowest BCUT2D eigenvalue weighted by Gasteiger charge is -2.25. The molecule has 0 aliphatic carbocycles. The Morgan fingerprint density at radius 2 is 1.84 bits per heavy atom. The van der Waals surface area contributed by atoms with E-state index in [1.54, 1.807) is 10.6 Å². The predicted molar refractivity (Wildman–Crippen MR) is 104 cm³/mol. The van der Waals surface area contributed by atoms with Crippen molar-refractivity contribution in [3.63, 3.8) is 0 Å². The number of amides is 1. The lowest BCUT2D eigenvalue weighted by molar-refractivity contribution is -0.130. The highest BCUT2D eigenvalue weighted by atomic mass is 32.2. The fourth-order valence-corrected chi connectivity index (χ4v) is 3.91. The minimum atomic E-state index is -0.274. The van der Waals surface area contributed by atoms with Gasteiger partial charge in [-0.25, -0.2) is 4.98 Å². The van der Waals surface area contributed by atoms with E-state index in [0.717, 1.165) is 25.9 Å². The van der Waals surface area contributed by atoms with Crippen molar-refractivity contribution in [1.82, 2.24) is 14.5 Å². The molecule has 0 N–H and O–H groups in total. The Kier molecular flexibility index (Phi) is 7.05. The topological polar surface area (TPSA) is 55.2 Å². The van der Waals surface area contributed by atoms with Crippen molar-refractivity contribution >= 4 is 28.6 Å². The zero-order valence-electron chi connectivity index (χ0n) is 15.5. The van der Waals surface area contributed by atoms with E-state index in [-0.39, 0.29) is 16.7 Å². The number of benzene rings is 1. The zero-order chi connectivity index (χ0) is 18.4. The van der Waals surface area contributed by atoms with E-state index in [0.29, 0.717) is 22.6 Å². The van der Waals surface area contributed by atoms with E-state index in [1.807, 2.05) is 36.9 Å². The molecule has 1 unspecified atom stereocenters. The van der Waals surface area contributed by atoms with E-state index >= 15 is 0 Å². The molecule has 6 heteroatoms. The molecule has 136 valence electrons.